The first-order valence-corrected chi connectivity index (χ1v) is 8.07. The highest BCUT2D eigenvalue weighted by atomic mass is 32.2. The van der Waals surface area contributed by atoms with Crippen LogP contribution in [-0.4, -0.2) is 38.2 Å². The molecule has 0 amide bonds. The predicted octanol–water partition coefficient (Wildman–Crippen LogP) is 2.64. The summed E-state index contributed by atoms with van der Waals surface area (Å²) >= 11 is 1.64. The van der Waals surface area contributed by atoms with Crippen molar-refractivity contribution in [2.45, 2.75) is 24.9 Å². The van der Waals surface area contributed by atoms with Gasteiger partial charge in [0.2, 0.25) is 0 Å². The Morgan fingerprint density at radius 1 is 1.41 bits per heavy atom. The number of rotatable bonds is 8. The Bertz CT molecular complexity index is 643. The zero-order chi connectivity index (χ0) is 15.9. The van der Waals surface area contributed by atoms with Crippen molar-refractivity contribution in [1.29, 1.82) is 0 Å². The summed E-state index contributed by atoms with van der Waals surface area (Å²) < 4.78 is 7.57. The number of carboxylic acid groups (broad SMARTS) is 1. The van der Waals surface area contributed by atoms with Gasteiger partial charge in [-0.3, -0.25) is 0 Å². The second-order valence-corrected chi connectivity index (χ2v) is 5.76. The number of carbonyl (C=O) groups is 1. The molecule has 0 saturated heterocycles. The summed E-state index contributed by atoms with van der Waals surface area (Å²) in [4.78, 5) is 10.9. The molecule has 0 unspecified atom stereocenters. The first-order chi connectivity index (χ1) is 10.6. The van der Waals surface area contributed by atoms with Crippen LogP contribution in [0.3, 0.4) is 0 Å². The number of aryl methyl sites for hydroxylation is 1. The van der Waals surface area contributed by atoms with E-state index in [0.717, 1.165) is 29.6 Å². The topological polar surface area (TPSA) is 77.2 Å². The smallest absolute Gasteiger partial charge is 0.335 e. The number of ether oxygens (including phenoxy) is 1. The molecule has 0 radical (unpaired) electrons. The molecule has 0 saturated carbocycles. The summed E-state index contributed by atoms with van der Waals surface area (Å²) in [5.41, 5.74) is 0.234. The van der Waals surface area contributed by atoms with Crippen LogP contribution in [0.1, 0.15) is 29.5 Å². The van der Waals surface area contributed by atoms with Gasteiger partial charge in [0.25, 0.3) is 0 Å². The average Bonchev–Trinajstić information content (AvgIpc) is 2.87. The highest BCUT2D eigenvalue weighted by molar-refractivity contribution is 7.99. The zero-order valence-electron chi connectivity index (χ0n) is 12.7. The van der Waals surface area contributed by atoms with E-state index in [1.807, 2.05) is 11.6 Å². The lowest BCUT2D eigenvalue weighted by Gasteiger charge is -2.06. The molecule has 6 nitrogen and oxygen atoms in total. The minimum atomic E-state index is -0.949. The van der Waals surface area contributed by atoms with Crippen LogP contribution in [0.15, 0.2) is 29.4 Å². The van der Waals surface area contributed by atoms with Crippen molar-refractivity contribution in [2.24, 2.45) is 7.05 Å². The van der Waals surface area contributed by atoms with E-state index in [0.29, 0.717) is 12.4 Å². The number of hydrogen-bond donors (Lipinski definition) is 1. The van der Waals surface area contributed by atoms with Gasteiger partial charge < -0.3 is 14.4 Å². The molecule has 1 heterocycles. The Morgan fingerprint density at radius 3 is 2.91 bits per heavy atom. The molecule has 1 N–H and O–H groups in total. The average molecular weight is 321 g/mol. The Hall–Kier alpha value is -2.02. The summed E-state index contributed by atoms with van der Waals surface area (Å²) in [6, 6.07) is 6.52. The van der Waals surface area contributed by atoms with E-state index in [1.165, 1.54) is 6.07 Å². The van der Waals surface area contributed by atoms with Gasteiger partial charge in [-0.05, 0) is 24.6 Å². The number of aromatic carboxylic acids is 1. The highest BCUT2D eigenvalue weighted by Crippen LogP contribution is 2.18. The number of carboxylic acids is 1. The van der Waals surface area contributed by atoms with Crippen molar-refractivity contribution in [3.8, 4) is 5.75 Å². The predicted molar refractivity (Wildman–Crippen MR) is 84.6 cm³/mol. The maximum absolute atomic E-state index is 10.9. The molecule has 118 valence electrons. The van der Waals surface area contributed by atoms with E-state index in [4.69, 9.17) is 9.84 Å². The molecule has 2 aromatic rings. The molecule has 2 rings (SSSR count). The Balaban J connectivity index is 1.74. The summed E-state index contributed by atoms with van der Waals surface area (Å²) in [7, 11) is 1.97. The molecule has 0 spiro atoms. The van der Waals surface area contributed by atoms with Crippen LogP contribution >= 0.6 is 11.8 Å². The summed E-state index contributed by atoms with van der Waals surface area (Å²) in [5, 5.41) is 18.1. The molecule has 0 aliphatic rings. The SMILES string of the molecule is CCc1nnc(SCCCOc2cccc(C(=O)O)c2)n1C. The lowest BCUT2D eigenvalue weighted by atomic mass is 10.2. The van der Waals surface area contributed by atoms with Crippen LogP contribution in [-0.2, 0) is 13.5 Å². The number of thioether (sulfide) groups is 1. The molecule has 0 atom stereocenters. The summed E-state index contributed by atoms with van der Waals surface area (Å²) in [6.07, 6.45) is 1.71. The molecule has 0 aliphatic carbocycles. The zero-order valence-corrected chi connectivity index (χ0v) is 13.5. The maximum atomic E-state index is 10.9. The highest BCUT2D eigenvalue weighted by Gasteiger charge is 2.07. The minimum Gasteiger partial charge on any atom is -0.494 e. The first kappa shape index (κ1) is 16.4. The Labute approximate surface area is 133 Å². The molecule has 0 fully saturated rings. The lowest BCUT2D eigenvalue weighted by Crippen LogP contribution is -2.02. The van der Waals surface area contributed by atoms with E-state index in [1.54, 1.807) is 30.0 Å². The van der Waals surface area contributed by atoms with Gasteiger partial charge >= 0.3 is 5.97 Å². The maximum Gasteiger partial charge on any atom is 0.335 e. The van der Waals surface area contributed by atoms with Crippen LogP contribution in [0.4, 0.5) is 0 Å². The third-order valence-corrected chi connectivity index (χ3v) is 4.22. The van der Waals surface area contributed by atoms with Crippen molar-refractivity contribution in [3.05, 3.63) is 35.7 Å². The van der Waals surface area contributed by atoms with E-state index in [9.17, 15) is 4.79 Å². The van der Waals surface area contributed by atoms with E-state index >= 15 is 0 Å². The molecule has 0 aliphatic heterocycles. The molecular weight excluding hydrogens is 302 g/mol. The quantitative estimate of drug-likeness (QED) is 0.595. The van der Waals surface area contributed by atoms with E-state index < -0.39 is 5.97 Å². The van der Waals surface area contributed by atoms with Crippen LogP contribution in [0.5, 0.6) is 5.75 Å². The summed E-state index contributed by atoms with van der Waals surface area (Å²) in [5.74, 6) is 1.48. The van der Waals surface area contributed by atoms with Crippen molar-refractivity contribution in [1.82, 2.24) is 14.8 Å². The van der Waals surface area contributed by atoms with Crippen molar-refractivity contribution >= 4 is 17.7 Å². The standard InChI is InChI=1S/C15H19N3O3S/c1-3-13-16-17-15(18(13)2)22-9-5-8-21-12-7-4-6-11(10-12)14(19)20/h4,6-7,10H,3,5,8-9H2,1-2H3,(H,19,20). The number of benzene rings is 1. The molecule has 22 heavy (non-hydrogen) atoms. The second kappa shape index (κ2) is 7.84. The molecular formula is C15H19N3O3S. The molecule has 0 bridgehead atoms. The van der Waals surface area contributed by atoms with Gasteiger partial charge in [-0.15, -0.1) is 10.2 Å². The fourth-order valence-electron chi connectivity index (χ4n) is 1.91. The monoisotopic (exact) mass is 321 g/mol. The van der Waals surface area contributed by atoms with Gasteiger partial charge in [0.05, 0.1) is 12.2 Å². The minimum absolute atomic E-state index is 0.234. The van der Waals surface area contributed by atoms with Crippen molar-refractivity contribution in [2.75, 3.05) is 12.4 Å². The second-order valence-electron chi connectivity index (χ2n) is 4.69. The van der Waals surface area contributed by atoms with E-state index in [2.05, 4.69) is 17.1 Å². The van der Waals surface area contributed by atoms with Crippen LogP contribution in [0.25, 0.3) is 0 Å². The van der Waals surface area contributed by atoms with Gasteiger partial charge in [-0.1, -0.05) is 24.8 Å². The molecule has 1 aromatic carbocycles. The Kier molecular flexibility index (Phi) is 5.83. The normalized spacial score (nSPS) is 10.6. The number of hydrogen-bond acceptors (Lipinski definition) is 5. The Morgan fingerprint density at radius 2 is 2.23 bits per heavy atom. The van der Waals surface area contributed by atoms with Crippen LogP contribution < -0.4 is 4.74 Å². The lowest BCUT2D eigenvalue weighted by molar-refractivity contribution is 0.0696. The van der Waals surface area contributed by atoms with Crippen molar-refractivity contribution in [3.63, 3.8) is 0 Å². The fraction of sp³-hybridized carbons (Fsp3) is 0.400. The molecule has 7 heteroatoms. The largest absolute Gasteiger partial charge is 0.494 e. The third kappa shape index (κ3) is 4.24. The van der Waals surface area contributed by atoms with Gasteiger partial charge in [0, 0.05) is 19.2 Å². The van der Waals surface area contributed by atoms with Crippen LogP contribution in [0.2, 0.25) is 0 Å². The molecule has 1 aromatic heterocycles. The summed E-state index contributed by atoms with van der Waals surface area (Å²) in [6.45, 7) is 2.59. The van der Waals surface area contributed by atoms with Gasteiger partial charge in [-0.25, -0.2) is 4.79 Å². The van der Waals surface area contributed by atoms with Gasteiger partial charge in [0.1, 0.15) is 11.6 Å². The number of nitrogens with zero attached hydrogens (tertiary/aromatic N) is 3. The van der Waals surface area contributed by atoms with E-state index in [-0.39, 0.29) is 5.56 Å². The third-order valence-electron chi connectivity index (χ3n) is 3.11. The van der Waals surface area contributed by atoms with Gasteiger partial charge in [0.15, 0.2) is 5.16 Å². The first-order valence-electron chi connectivity index (χ1n) is 7.09. The van der Waals surface area contributed by atoms with Crippen LogP contribution in [0, 0.1) is 0 Å². The number of aromatic nitrogens is 3. The van der Waals surface area contributed by atoms with Crippen molar-refractivity contribution < 1.29 is 14.6 Å². The van der Waals surface area contributed by atoms with Gasteiger partial charge in [-0.2, -0.15) is 0 Å². The fourth-order valence-corrected chi connectivity index (χ4v) is 2.75.